The smallest absolute Gasteiger partial charge is 0.123 e. The Morgan fingerprint density at radius 2 is 1.82 bits per heavy atom. The molecule has 0 aliphatic carbocycles. The highest BCUT2D eigenvalue weighted by atomic mass is 15.0. The molecule has 3 nitrogen and oxygen atoms in total. The fourth-order valence-electron chi connectivity index (χ4n) is 1.70. The molecule has 0 fully saturated rings. The van der Waals surface area contributed by atoms with Crippen molar-refractivity contribution in [1.82, 2.24) is 9.97 Å². The number of aromatic nitrogens is 2. The molecule has 2 aromatic rings. The molecule has 1 heterocycles. The zero-order chi connectivity index (χ0) is 12.4. The number of benzene rings is 1. The lowest BCUT2D eigenvalue weighted by Gasteiger charge is -2.12. The van der Waals surface area contributed by atoms with Gasteiger partial charge in [0, 0.05) is 0 Å². The van der Waals surface area contributed by atoms with E-state index in [1.165, 1.54) is 5.56 Å². The normalized spacial score (nSPS) is 13.0. The van der Waals surface area contributed by atoms with Crippen LogP contribution in [-0.4, -0.2) is 9.97 Å². The van der Waals surface area contributed by atoms with E-state index in [0.717, 1.165) is 17.1 Å². The van der Waals surface area contributed by atoms with Crippen molar-refractivity contribution in [3.05, 3.63) is 41.9 Å². The quantitative estimate of drug-likeness (QED) is 0.850. The Morgan fingerprint density at radius 1 is 1.18 bits per heavy atom. The summed E-state index contributed by atoms with van der Waals surface area (Å²) in [6, 6.07) is 8.34. The topological polar surface area (TPSA) is 54.7 Å². The molecule has 0 bridgehead atoms. The van der Waals surface area contributed by atoms with Gasteiger partial charge in [0.05, 0.1) is 17.9 Å². The first kappa shape index (κ1) is 11.9. The van der Waals surface area contributed by atoms with Crippen molar-refractivity contribution in [1.29, 1.82) is 0 Å². The third kappa shape index (κ3) is 2.56. The largest absolute Gasteiger partial charge is 0.341 e. The lowest BCUT2D eigenvalue weighted by atomic mass is 10.1. The van der Waals surface area contributed by atoms with Crippen molar-refractivity contribution in [3.63, 3.8) is 0 Å². The molecule has 0 radical (unpaired) electrons. The second-order valence-corrected chi connectivity index (χ2v) is 4.82. The zero-order valence-electron chi connectivity index (χ0n) is 10.6. The molecule has 1 unspecified atom stereocenters. The number of rotatable bonds is 3. The molecule has 0 saturated carbocycles. The molecule has 0 amide bonds. The summed E-state index contributed by atoms with van der Waals surface area (Å²) < 4.78 is 0. The molecule has 0 spiro atoms. The maximum Gasteiger partial charge on any atom is 0.123 e. The standard InChI is InChI=1S/C14H19N3/c1-9(2)13(15)14-16-8-12(17-14)11-6-4-10(3)5-7-11/h4-9,13H,15H2,1-3H3,(H,16,17). The molecule has 1 aromatic heterocycles. The van der Waals surface area contributed by atoms with E-state index in [4.69, 9.17) is 5.73 Å². The summed E-state index contributed by atoms with van der Waals surface area (Å²) in [6.45, 7) is 6.27. The summed E-state index contributed by atoms with van der Waals surface area (Å²) in [5.74, 6) is 1.24. The van der Waals surface area contributed by atoms with E-state index >= 15 is 0 Å². The first-order chi connectivity index (χ1) is 8.08. The summed E-state index contributed by atoms with van der Waals surface area (Å²) in [5.41, 5.74) is 9.48. The maximum absolute atomic E-state index is 6.06. The van der Waals surface area contributed by atoms with Crippen LogP contribution in [0.5, 0.6) is 0 Å². The molecule has 3 N–H and O–H groups in total. The maximum atomic E-state index is 6.06. The van der Waals surface area contributed by atoms with E-state index in [2.05, 4.69) is 55.0 Å². The molecule has 90 valence electrons. The first-order valence-corrected chi connectivity index (χ1v) is 5.95. The average Bonchev–Trinajstić information content (AvgIpc) is 2.78. The van der Waals surface area contributed by atoms with Crippen LogP contribution in [0.1, 0.15) is 31.3 Å². The Bertz CT molecular complexity index is 482. The minimum Gasteiger partial charge on any atom is -0.341 e. The number of H-pyrrole nitrogens is 1. The molecule has 0 saturated heterocycles. The van der Waals surface area contributed by atoms with Gasteiger partial charge in [-0.3, -0.25) is 0 Å². The Kier molecular flexibility index (Phi) is 3.29. The van der Waals surface area contributed by atoms with E-state index in [-0.39, 0.29) is 6.04 Å². The van der Waals surface area contributed by atoms with Gasteiger partial charge >= 0.3 is 0 Å². The molecule has 17 heavy (non-hydrogen) atoms. The highest BCUT2D eigenvalue weighted by Crippen LogP contribution is 2.21. The van der Waals surface area contributed by atoms with Crippen molar-refractivity contribution in [2.45, 2.75) is 26.8 Å². The number of hydrogen-bond donors (Lipinski definition) is 2. The predicted molar refractivity (Wildman–Crippen MR) is 70.5 cm³/mol. The van der Waals surface area contributed by atoms with Gasteiger partial charge in [-0.25, -0.2) is 4.98 Å². The van der Waals surface area contributed by atoms with E-state index in [1.54, 1.807) is 0 Å². The van der Waals surface area contributed by atoms with Gasteiger partial charge in [0.15, 0.2) is 0 Å². The van der Waals surface area contributed by atoms with Crippen molar-refractivity contribution >= 4 is 0 Å². The summed E-state index contributed by atoms with van der Waals surface area (Å²) in [6.07, 6.45) is 1.85. The molecule has 0 aliphatic rings. The third-order valence-corrected chi connectivity index (χ3v) is 2.99. The monoisotopic (exact) mass is 229 g/mol. The number of imidazole rings is 1. The van der Waals surface area contributed by atoms with Gasteiger partial charge in [0.2, 0.25) is 0 Å². The molecular weight excluding hydrogens is 210 g/mol. The molecule has 1 aromatic carbocycles. The number of aromatic amines is 1. The van der Waals surface area contributed by atoms with E-state index in [0.29, 0.717) is 5.92 Å². The van der Waals surface area contributed by atoms with Crippen LogP contribution in [0.2, 0.25) is 0 Å². The van der Waals surface area contributed by atoms with Gasteiger partial charge in [-0.15, -0.1) is 0 Å². The summed E-state index contributed by atoms with van der Waals surface area (Å²) >= 11 is 0. The SMILES string of the molecule is Cc1ccc(-c2cnc(C(N)C(C)C)[nH]2)cc1. The van der Waals surface area contributed by atoms with Crippen molar-refractivity contribution < 1.29 is 0 Å². The molecule has 0 aliphatic heterocycles. The van der Waals surface area contributed by atoms with Gasteiger partial charge in [-0.2, -0.15) is 0 Å². The lowest BCUT2D eigenvalue weighted by molar-refractivity contribution is 0.494. The number of hydrogen-bond acceptors (Lipinski definition) is 2. The second kappa shape index (κ2) is 4.72. The van der Waals surface area contributed by atoms with Crippen LogP contribution < -0.4 is 5.73 Å². The minimum absolute atomic E-state index is 0.0331. The van der Waals surface area contributed by atoms with Gasteiger partial charge in [-0.05, 0) is 18.4 Å². The van der Waals surface area contributed by atoms with Gasteiger partial charge in [-0.1, -0.05) is 43.7 Å². The van der Waals surface area contributed by atoms with Crippen LogP contribution in [0.25, 0.3) is 11.3 Å². The minimum atomic E-state index is -0.0331. The Balaban J connectivity index is 2.26. The van der Waals surface area contributed by atoms with Crippen LogP contribution in [0.3, 0.4) is 0 Å². The van der Waals surface area contributed by atoms with E-state index < -0.39 is 0 Å². The van der Waals surface area contributed by atoms with Crippen LogP contribution in [0, 0.1) is 12.8 Å². The average molecular weight is 229 g/mol. The van der Waals surface area contributed by atoms with E-state index in [9.17, 15) is 0 Å². The third-order valence-electron chi connectivity index (χ3n) is 2.99. The first-order valence-electron chi connectivity index (χ1n) is 5.95. The summed E-state index contributed by atoms with van der Waals surface area (Å²) in [4.78, 5) is 7.65. The molecular formula is C14H19N3. The lowest BCUT2D eigenvalue weighted by Crippen LogP contribution is -2.18. The van der Waals surface area contributed by atoms with E-state index in [1.807, 2.05) is 6.20 Å². The highest BCUT2D eigenvalue weighted by molar-refractivity contribution is 5.58. The Hall–Kier alpha value is -1.61. The van der Waals surface area contributed by atoms with Gasteiger partial charge in [0.25, 0.3) is 0 Å². The van der Waals surface area contributed by atoms with Gasteiger partial charge < -0.3 is 10.7 Å². The zero-order valence-corrected chi connectivity index (χ0v) is 10.6. The van der Waals surface area contributed by atoms with Crippen molar-refractivity contribution in [3.8, 4) is 11.3 Å². The van der Waals surface area contributed by atoms with Crippen LogP contribution in [0.4, 0.5) is 0 Å². The molecule has 2 rings (SSSR count). The summed E-state index contributed by atoms with van der Waals surface area (Å²) in [5, 5.41) is 0. The Labute approximate surface area is 102 Å². The Morgan fingerprint density at radius 3 is 2.41 bits per heavy atom. The van der Waals surface area contributed by atoms with Crippen molar-refractivity contribution in [2.24, 2.45) is 11.7 Å². The number of nitrogens with zero attached hydrogens (tertiary/aromatic N) is 1. The highest BCUT2D eigenvalue weighted by Gasteiger charge is 2.14. The predicted octanol–water partition coefficient (Wildman–Crippen LogP) is 3.04. The number of nitrogens with one attached hydrogen (secondary N) is 1. The fraction of sp³-hybridized carbons (Fsp3) is 0.357. The fourth-order valence-corrected chi connectivity index (χ4v) is 1.70. The van der Waals surface area contributed by atoms with Crippen LogP contribution in [0.15, 0.2) is 30.5 Å². The molecule has 3 heteroatoms. The molecule has 1 atom stereocenters. The van der Waals surface area contributed by atoms with Gasteiger partial charge in [0.1, 0.15) is 5.82 Å². The second-order valence-electron chi connectivity index (χ2n) is 4.82. The van der Waals surface area contributed by atoms with Crippen LogP contribution >= 0.6 is 0 Å². The number of nitrogens with two attached hydrogens (primary N) is 1. The van der Waals surface area contributed by atoms with Crippen molar-refractivity contribution in [2.75, 3.05) is 0 Å². The van der Waals surface area contributed by atoms with Crippen LogP contribution in [-0.2, 0) is 0 Å². The number of aryl methyl sites for hydroxylation is 1. The summed E-state index contributed by atoms with van der Waals surface area (Å²) in [7, 11) is 0.